The van der Waals surface area contributed by atoms with Gasteiger partial charge in [0.05, 0.1) is 23.5 Å². The van der Waals surface area contributed by atoms with Crippen LogP contribution < -0.4 is 5.56 Å². The third-order valence-electron chi connectivity index (χ3n) is 10.8. The molecule has 12 nitrogen and oxygen atoms in total. The van der Waals surface area contributed by atoms with E-state index in [9.17, 15) is 19.5 Å². The molecule has 2 aliphatic heterocycles. The minimum Gasteiger partial charge on any atom is -0.388 e. The lowest BCUT2D eigenvalue weighted by Gasteiger charge is -2.43. The van der Waals surface area contributed by atoms with Gasteiger partial charge in [-0.1, -0.05) is 30.3 Å². The smallest absolute Gasteiger partial charge is 0.277 e. The normalized spacial score (nSPS) is 18.8. The third-order valence-corrected chi connectivity index (χ3v) is 12.0. The van der Waals surface area contributed by atoms with E-state index in [0.29, 0.717) is 61.5 Å². The van der Waals surface area contributed by atoms with E-state index in [4.69, 9.17) is 4.98 Å². The average molecular weight is 731 g/mol. The molecule has 0 radical (unpaired) electrons. The number of hydrogen-bond donors (Lipinski definition) is 1. The first-order chi connectivity index (χ1) is 25.6. The van der Waals surface area contributed by atoms with Crippen molar-refractivity contribution in [3.8, 4) is 21.8 Å². The van der Waals surface area contributed by atoms with Gasteiger partial charge in [-0.05, 0) is 69.0 Å². The first-order valence-corrected chi connectivity index (χ1v) is 18.8. The van der Waals surface area contributed by atoms with Crippen molar-refractivity contribution in [2.24, 2.45) is 13.0 Å². The Bertz CT molecular complexity index is 2350. The van der Waals surface area contributed by atoms with Crippen LogP contribution in [0.25, 0.3) is 27.3 Å². The van der Waals surface area contributed by atoms with Gasteiger partial charge >= 0.3 is 0 Å². The number of benzene rings is 1. The highest BCUT2D eigenvalue weighted by molar-refractivity contribution is 7.17. The number of amides is 2. The molecule has 0 aliphatic carbocycles. The lowest BCUT2D eigenvalue weighted by molar-refractivity contribution is -0.142. The Morgan fingerprint density at radius 2 is 1.75 bits per heavy atom. The SMILES string of the molecule is Cc1ccc(-c2nc(C)c(C(=O)N3CC[C@@H](C(=O)N4CCC(O)(Cn5cnn6c(-c7ccn(C)c7)ccc6c5=O)CC4)[C@H](c4ccccc4)C3)s2)cn1. The maximum Gasteiger partial charge on any atom is 0.277 e. The van der Waals surface area contributed by atoms with Gasteiger partial charge in [-0.15, -0.1) is 11.3 Å². The number of nitrogens with zero attached hydrogens (tertiary/aromatic N) is 8. The van der Waals surface area contributed by atoms with E-state index in [1.807, 2.05) is 102 Å². The maximum atomic E-state index is 14.3. The van der Waals surface area contributed by atoms with Crippen LogP contribution in [0, 0.1) is 19.8 Å². The molecule has 2 atom stereocenters. The van der Waals surface area contributed by atoms with Gasteiger partial charge in [0.25, 0.3) is 11.5 Å². The second-order valence-electron chi connectivity index (χ2n) is 14.5. The molecular formula is C40H42N8O4S. The Labute approximate surface area is 311 Å². The monoisotopic (exact) mass is 730 g/mol. The highest BCUT2D eigenvalue weighted by atomic mass is 32.1. The number of hydrogen-bond acceptors (Lipinski definition) is 8. The number of carbonyl (C=O) groups is 2. The molecule has 13 heteroatoms. The summed E-state index contributed by atoms with van der Waals surface area (Å²) in [5.74, 6) is -0.527. The summed E-state index contributed by atoms with van der Waals surface area (Å²) in [5, 5.41) is 17.0. The molecule has 0 saturated carbocycles. The van der Waals surface area contributed by atoms with Crippen LogP contribution in [-0.2, 0) is 18.4 Å². The van der Waals surface area contributed by atoms with Crippen LogP contribution in [0.4, 0.5) is 0 Å². The summed E-state index contributed by atoms with van der Waals surface area (Å²) in [6.07, 6.45) is 8.40. The van der Waals surface area contributed by atoms with Crippen LogP contribution in [0.1, 0.15) is 51.8 Å². The van der Waals surface area contributed by atoms with Gasteiger partial charge in [-0.3, -0.25) is 23.9 Å². The molecule has 6 aromatic rings. The maximum absolute atomic E-state index is 14.3. The quantitative estimate of drug-likeness (QED) is 0.247. The van der Waals surface area contributed by atoms with Crippen molar-refractivity contribution in [2.75, 3.05) is 26.2 Å². The summed E-state index contributed by atoms with van der Waals surface area (Å²) in [7, 11) is 1.94. The van der Waals surface area contributed by atoms with E-state index in [1.165, 1.54) is 22.2 Å². The number of pyridine rings is 1. The number of rotatable bonds is 7. The number of likely N-dealkylation sites (tertiary alicyclic amines) is 2. The Morgan fingerprint density at radius 1 is 0.962 bits per heavy atom. The molecule has 1 N–H and O–H groups in total. The van der Waals surface area contributed by atoms with E-state index in [1.54, 1.807) is 16.8 Å². The molecule has 8 rings (SSSR count). The zero-order valence-corrected chi connectivity index (χ0v) is 30.9. The van der Waals surface area contributed by atoms with Crippen molar-refractivity contribution in [1.82, 2.24) is 38.5 Å². The van der Waals surface area contributed by atoms with Crippen LogP contribution in [0.2, 0.25) is 0 Å². The summed E-state index contributed by atoms with van der Waals surface area (Å²) >= 11 is 1.38. The van der Waals surface area contributed by atoms with Crippen molar-refractivity contribution >= 4 is 28.7 Å². The van der Waals surface area contributed by atoms with Crippen molar-refractivity contribution in [3.05, 3.63) is 118 Å². The molecule has 2 fully saturated rings. The van der Waals surface area contributed by atoms with E-state index >= 15 is 0 Å². The number of aromatic nitrogens is 6. The van der Waals surface area contributed by atoms with E-state index in [0.717, 1.165) is 33.1 Å². The fourth-order valence-electron chi connectivity index (χ4n) is 7.79. The number of fused-ring (bicyclic) bond motifs is 1. The number of aliphatic hydroxyl groups is 1. The standard InChI is InChI=1S/C40H42N8O4S/c1-26-9-10-29(21-41-26)36-43-27(2)35(53-36)39(51)46-18-14-31(32(23-46)28-7-5-4-6-8-28)37(49)45-19-15-40(52,16-20-45)24-47-25-42-48-33(11-12-34(48)38(47)50)30-13-17-44(3)22-30/h4-13,17,21-22,25,31-32,52H,14-16,18-20,23-24H2,1-3H3/t31-,32+/m1/s1. The number of piperidine rings is 2. The Balaban J connectivity index is 0.953. The van der Waals surface area contributed by atoms with Crippen molar-refractivity contribution in [3.63, 3.8) is 0 Å². The second kappa shape index (κ2) is 13.9. The van der Waals surface area contributed by atoms with Crippen LogP contribution >= 0.6 is 11.3 Å². The average Bonchev–Trinajstić information content (AvgIpc) is 3.91. The predicted molar refractivity (Wildman–Crippen MR) is 203 cm³/mol. The van der Waals surface area contributed by atoms with Crippen molar-refractivity contribution < 1.29 is 14.7 Å². The van der Waals surface area contributed by atoms with Gasteiger partial charge in [0, 0.05) is 80.5 Å². The minimum absolute atomic E-state index is 0.0398. The summed E-state index contributed by atoms with van der Waals surface area (Å²) in [5.41, 5.74) is 4.34. The molecule has 0 bridgehead atoms. The number of thiazole rings is 1. The van der Waals surface area contributed by atoms with Crippen LogP contribution in [0.15, 0.2) is 90.4 Å². The van der Waals surface area contributed by atoms with Gasteiger partial charge in [0.15, 0.2) is 0 Å². The first-order valence-electron chi connectivity index (χ1n) is 18.0. The largest absolute Gasteiger partial charge is 0.388 e. The van der Waals surface area contributed by atoms with Gasteiger partial charge in [0.2, 0.25) is 5.91 Å². The van der Waals surface area contributed by atoms with Crippen LogP contribution in [0.3, 0.4) is 0 Å². The van der Waals surface area contributed by atoms with Crippen LogP contribution in [0.5, 0.6) is 0 Å². The molecule has 2 aliphatic rings. The van der Waals surface area contributed by atoms with Gasteiger partial charge in [-0.2, -0.15) is 5.10 Å². The topological polar surface area (TPSA) is 131 Å². The fraction of sp³-hybridized carbons (Fsp3) is 0.350. The molecule has 53 heavy (non-hydrogen) atoms. The van der Waals surface area contributed by atoms with E-state index < -0.39 is 5.60 Å². The summed E-state index contributed by atoms with van der Waals surface area (Å²) in [4.78, 5) is 55.2. The lowest BCUT2D eigenvalue weighted by atomic mass is 9.79. The highest BCUT2D eigenvalue weighted by Gasteiger charge is 2.42. The summed E-state index contributed by atoms with van der Waals surface area (Å²) < 4.78 is 5.06. The third kappa shape index (κ3) is 6.70. The van der Waals surface area contributed by atoms with Gasteiger partial charge in [-0.25, -0.2) is 9.50 Å². The molecule has 0 spiro atoms. The molecule has 5 aromatic heterocycles. The molecule has 7 heterocycles. The van der Waals surface area contributed by atoms with E-state index in [2.05, 4.69) is 10.1 Å². The van der Waals surface area contributed by atoms with Crippen molar-refractivity contribution in [1.29, 1.82) is 0 Å². The Kier molecular flexibility index (Phi) is 9.07. The predicted octanol–water partition coefficient (Wildman–Crippen LogP) is 4.94. The Hall–Kier alpha value is -5.40. The van der Waals surface area contributed by atoms with Crippen LogP contribution in [-0.4, -0.2) is 87.2 Å². The first kappa shape index (κ1) is 34.7. The minimum atomic E-state index is -1.16. The molecule has 272 valence electrons. The summed E-state index contributed by atoms with van der Waals surface area (Å²) in [6.45, 7) is 5.52. The number of aryl methyl sites for hydroxylation is 3. The zero-order chi connectivity index (χ0) is 36.9. The van der Waals surface area contributed by atoms with Gasteiger partial charge < -0.3 is 19.5 Å². The van der Waals surface area contributed by atoms with E-state index in [-0.39, 0.29) is 35.8 Å². The molecule has 1 aromatic carbocycles. The molecule has 2 saturated heterocycles. The summed E-state index contributed by atoms with van der Waals surface area (Å²) in [6, 6.07) is 19.5. The lowest BCUT2D eigenvalue weighted by Crippen LogP contribution is -2.53. The van der Waals surface area contributed by atoms with Gasteiger partial charge in [0.1, 0.15) is 21.7 Å². The molecule has 0 unspecified atom stereocenters. The Morgan fingerprint density at radius 3 is 2.47 bits per heavy atom. The second-order valence-corrected chi connectivity index (χ2v) is 15.5. The molecular weight excluding hydrogens is 689 g/mol. The fourth-order valence-corrected chi connectivity index (χ4v) is 8.82. The van der Waals surface area contributed by atoms with Crippen molar-refractivity contribution in [2.45, 2.75) is 51.2 Å². The highest BCUT2D eigenvalue weighted by Crippen LogP contribution is 2.37. The number of carbonyl (C=O) groups excluding carboxylic acids is 2. The zero-order valence-electron chi connectivity index (χ0n) is 30.1. The molecule has 2 amide bonds.